The van der Waals surface area contributed by atoms with Crippen LogP contribution in [0.1, 0.15) is 66.1 Å². The molecule has 0 unspecified atom stereocenters. The Kier molecular flexibility index (Phi) is 10.6. The number of nitrogens with zero attached hydrogens (tertiary/aromatic N) is 2. The minimum Gasteiger partial charge on any atom is -0.493 e. The van der Waals surface area contributed by atoms with E-state index in [0.29, 0.717) is 18.0 Å². The quantitative estimate of drug-likeness (QED) is 0.150. The fourth-order valence-electron chi connectivity index (χ4n) is 5.97. The van der Waals surface area contributed by atoms with Crippen LogP contribution in [-0.2, 0) is 19.5 Å². The van der Waals surface area contributed by atoms with E-state index in [0.717, 1.165) is 61.2 Å². The van der Waals surface area contributed by atoms with Crippen molar-refractivity contribution in [1.82, 2.24) is 9.80 Å². The van der Waals surface area contributed by atoms with E-state index in [9.17, 15) is 4.79 Å². The first kappa shape index (κ1) is 30.4. The fraction of sp³-hybridized carbons (Fsp3) is 0.378. The molecule has 0 spiro atoms. The summed E-state index contributed by atoms with van der Waals surface area (Å²) < 4.78 is 16.2. The molecule has 1 aliphatic heterocycles. The number of benzene rings is 3. The maximum atomic E-state index is 14.1. The highest BCUT2D eigenvalue weighted by molar-refractivity contribution is 5.94. The minimum absolute atomic E-state index is 0.109. The van der Waals surface area contributed by atoms with Crippen LogP contribution in [-0.4, -0.2) is 49.1 Å². The summed E-state index contributed by atoms with van der Waals surface area (Å²) in [5.41, 5.74) is 6.53. The van der Waals surface area contributed by atoms with Crippen molar-refractivity contribution in [2.75, 3.05) is 27.3 Å². The Bertz CT molecular complexity index is 1420. The van der Waals surface area contributed by atoms with E-state index in [1.54, 1.807) is 20.5 Å². The molecular weight excluding hydrogens is 536 g/mol. The number of unbranched alkanes of at least 4 members (excludes halogenated alkanes) is 2. The van der Waals surface area contributed by atoms with Crippen LogP contribution < -0.4 is 9.47 Å². The molecule has 226 valence electrons. The molecule has 0 aliphatic carbocycles. The molecule has 3 aromatic carbocycles. The molecule has 43 heavy (non-hydrogen) atoms. The van der Waals surface area contributed by atoms with Crippen LogP contribution in [0.4, 0.5) is 0 Å². The zero-order valence-electron chi connectivity index (χ0n) is 25.8. The fourth-order valence-corrected chi connectivity index (χ4v) is 5.97. The third kappa shape index (κ3) is 7.88. The first-order valence-electron chi connectivity index (χ1n) is 15.5. The molecule has 1 fully saturated rings. The number of aryl methyl sites for hydroxylation is 1. The summed E-state index contributed by atoms with van der Waals surface area (Å²) in [6, 6.07) is 25.0. The molecule has 2 heterocycles. The molecular formula is C37H44N2O4. The molecule has 1 aliphatic rings. The number of carbonyl (C=O) groups is 1. The number of amides is 1. The predicted octanol–water partition coefficient (Wildman–Crippen LogP) is 8.00. The summed E-state index contributed by atoms with van der Waals surface area (Å²) in [6.45, 7) is 5.59. The molecule has 5 rings (SSSR count). The van der Waals surface area contributed by atoms with Crippen LogP contribution in [0.2, 0.25) is 0 Å². The van der Waals surface area contributed by atoms with E-state index in [1.165, 1.54) is 30.4 Å². The molecule has 1 saturated heterocycles. The Morgan fingerprint density at radius 3 is 2.19 bits per heavy atom. The van der Waals surface area contributed by atoms with Crippen molar-refractivity contribution < 1.29 is 18.7 Å². The highest BCUT2D eigenvalue weighted by Gasteiger charge is 2.29. The van der Waals surface area contributed by atoms with Gasteiger partial charge in [-0.1, -0.05) is 62.2 Å². The van der Waals surface area contributed by atoms with Crippen molar-refractivity contribution in [3.8, 4) is 22.6 Å². The molecule has 1 amide bonds. The number of methoxy groups -OCH3 is 2. The average molecular weight is 581 g/mol. The summed E-state index contributed by atoms with van der Waals surface area (Å²) in [5, 5.41) is 0. The normalized spacial score (nSPS) is 14.0. The lowest BCUT2D eigenvalue weighted by Crippen LogP contribution is -2.46. The van der Waals surface area contributed by atoms with Gasteiger partial charge in [0.1, 0.15) is 0 Å². The van der Waals surface area contributed by atoms with Gasteiger partial charge in [-0.15, -0.1) is 0 Å². The van der Waals surface area contributed by atoms with Gasteiger partial charge in [-0.05, 0) is 78.3 Å². The first-order chi connectivity index (χ1) is 21.1. The molecule has 1 aromatic heterocycles. The predicted molar refractivity (Wildman–Crippen MR) is 172 cm³/mol. The Hall–Kier alpha value is -4.03. The zero-order valence-corrected chi connectivity index (χ0v) is 25.8. The number of ether oxygens (including phenoxy) is 2. The standard InChI is InChI=1S/C37H44N2O4/c1-4-5-6-7-28-8-14-32(15-9-28)37(40)39(34-18-21-38(22-19-34)25-30-20-23-43-27-30)26-29-10-12-31(13-11-29)33-16-17-35(41-2)36(24-33)42-3/h8-17,20,23-24,27,34H,4-7,18-19,21-22,25-26H2,1-3H3. The Morgan fingerprint density at radius 2 is 1.53 bits per heavy atom. The average Bonchev–Trinajstić information content (AvgIpc) is 3.57. The van der Waals surface area contributed by atoms with Gasteiger partial charge >= 0.3 is 0 Å². The van der Waals surface area contributed by atoms with Crippen molar-refractivity contribution in [1.29, 1.82) is 0 Å². The number of hydrogen-bond donors (Lipinski definition) is 0. The lowest BCUT2D eigenvalue weighted by atomic mass is 9.99. The molecule has 0 atom stereocenters. The molecule has 4 aromatic rings. The minimum atomic E-state index is 0.109. The summed E-state index contributed by atoms with van der Waals surface area (Å²) in [7, 11) is 3.29. The van der Waals surface area contributed by atoms with E-state index in [4.69, 9.17) is 13.9 Å². The van der Waals surface area contributed by atoms with Crippen molar-refractivity contribution in [2.45, 2.75) is 64.6 Å². The molecule has 0 saturated carbocycles. The molecule has 0 N–H and O–H groups in total. The van der Waals surface area contributed by atoms with Crippen LogP contribution >= 0.6 is 0 Å². The number of furan rings is 1. The van der Waals surface area contributed by atoms with Crippen LogP contribution in [0.15, 0.2) is 89.7 Å². The van der Waals surface area contributed by atoms with Gasteiger partial charge in [-0.2, -0.15) is 0 Å². The number of hydrogen-bond acceptors (Lipinski definition) is 5. The number of rotatable bonds is 13. The van der Waals surface area contributed by atoms with E-state index in [-0.39, 0.29) is 11.9 Å². The monoisotopic (exact) mass is 580 g/mol. The van der Waals surface area contributed by atoms with Gasteiger partial charge in [0.2, 0.25) is 0 Å². The summed E-state index contributed by atoms with van der Waals surface area (Å²) in [5.74, 6) is 1.52. The van der Waals surface area contributed by atoms with E-state index in [1.807, 2.05) is 42.7 Å². The second kappa shape index (κ2) is 14.9. The number of carbonyl (C=O) groups excluding carboxylic acids is 1. The van der Waals surface area contributed by atoms with Crippen molar-refractivity contribution in [3.63, 3.8) is 0 Å². The lowest BCUT2D eigenvalue weighted by Gasteiger charge is -2.38. The third-order valence-corrected chi connectivity index (χ3v) is 8.54. The number of piperidine rings is 1. The van der Waals surface area contributed by atoms with Gasteiger partial charge in [0, 0.05) is 43.3 Å². The maximum Gasteiger partial charge on any atom is 0.254 e. The van der Waals surface area contributed by atoms with Gasteiger partial charge in [0.25, 0.3) is 5.91 Å². The molecule has 0 bridgehead atoms. The van der Waals surface area contributed by atoms with Crippen LogP contribution in [0.25, 0.3) is 11.1 Å². The molecule has 0 radical (unpaired) electrons. The van der Waals surface area contributed by atoms with E-state index < -0.39 is 0 Å². The van der Waals surface area contributed by atoms with Crippen molar-refractivity contribution >= 4 is 5.91 Å². The maximum absolute atomic E-state index is 14.1. The second-order valence-electron chi connectivity index (χ2n) is 11.5. The zero-order chi connectivity index (χ0) is 30.0. The Morgan fingerprint density at radius 1 is 0.837 bits per heavy atom. The highest BCUT2D eigenvalue weighted by Crippen LogP contribution is 2.32. The Labute approximate surface area is 256 Å². The second-order valence-corrected chi connectivity index (χ2v) is 11.5. The molecule has 6 nitrogen and oxygen atoms in total. The molecule has 6 heteroatoms. The topological polar surface area (TPSA) is 55.2 Å². The summed E-state index contributed by atoms with van der Waals surface area (Å²) in [6.07, 6.45) is 10.1. The summed E-state index contributed by atoms with van der Waals surface area (Å²) >= 11 is 0. The van der Waals surface area contributed by atoms with Crippen LogP contribution in [0.3, 0.4) is 0 Å². The number of likely N-dealkylation sites (tertiary alicyclic amines) is 1. The van der Waals surface area contributed by atoms with Crippen LogP contribution in [0, 0.1) is 0 Å². The highest BCUT2D eigenvalue weighted by atomic mass is 16.5. The van der Waals surface area contributed by atoms with Gasteiger partial charge in [-0.25, -0.2) is 0 Å². The first-order valence-corrected chi connectivity index (χ1v) is 15.5. The third-order valence-electron chi connectivity index (χ3n) is 8.54. The van der Waals surface area contributed by atoms with E-state index >= 15 is 0 Å². The van der Waals surface area contributed by atoms with E-state index in [2.05, 4.69) is 53.1 Å². The van der Waals surface area contributed by atoms with Crippen LogP contribution in [0.5, 0.6) is 11.5 Å². The van der Waals surface area contributed by atoms with Gasteiger partial charge in [0.15, 0.2) is 11.5 Å². The van der Waals surface area contributed by atoms with Crippen molar-refractivity contribution in [2.24, 2.45) is 0 Å². The van der Waals surface area contributed by atoms with Gasteiger partial charge in [-0.3, -0.25) is 9.69 Å². The van der Waals surface area contributed by atoms with Gasteiger partial charge < -0.3 is 18.8 Å². The Balaban J connectivity index is 1.32. The van der Waals surface area contributed by atoms with Gasteiger partial charge in [0.05, 0.1) is 26.7 Å². The SMILES string of the molecule is CCCCCc1ccc(C(=O)N(Cc2ccc(-c3ccc(OC)c(OC)c3)cc2)C2CCN(Cc3ccoc3)CC2)cc1. The largest absolute Gasteiger partial charge is 0.493 e. The lowest BCUT2D eigenvalue weighted by molar-refractivity contribution is 0.0542. The smallest absolute Gasteiger partial charge is 0.254 e. The van der Waals surface area contributed by atoms with Crippen molar-refractivity contribution in [3.05, 3.63) is 108 Å². The summed E-state index contributed by atoms with van der Waals surface area (Å²) in [4.78, 5) is 18.6.